The van der Waals surface area contributed by atoms with Gasteiger partial charge in [-0.1, -0.05) is 19.1 Å². The molecule has 1 aromatic carbocycles. The van der Waals surface area contributed by atoms with Gasteiger partial charge in [-0.25, -0.2) is 12.7 Å². The molecule has 1 aromatic rings. The zero-order valence-corrected chi connectivity index (χ0v) is 14.0. The maximum absolute atomic E-state index is 12.3. The van der Waals surface area contributed by atoms with E-state index in [1.165, 1.54) is 16.1 Å². The summed E-state index contributed by atoms with van der Waals surface area (Å²) >= 11 is 1.43. The highest BCUT2D eigenvalue weighted by molar-refractivity contribution is 8.00. The van der Waals surface area contributed by atoms with Crippen LogP contribution in [-0.4, -0.2) is 37.3 Å². The Kier molecular flexibility index (Phi) is 7.02. The zero-order valence-electron chi connectivity index (χ0n) is 12.3. The molecule has 0 spiro atoms. The second-order valence-corrected chi connectivity index (χ2v) is 7.91. The number of hydrogen-bond donors (Lipinski definition) is 1. The van der Waals surface area contributed by atoms with E-state index in [0.29, 0.717) is 18.0 Å². The molecule has 0 radical (unpaired) electrons. The standard InChI is InChI=1S/C14H21N3O2S2/c1-3-17(11-12(2)10-15)21(18,19)9-8-20-14-7-5-4-6-13(14)16/h4-7,12H,3,8-9,11,16H2,1-2H3. The first-order valence-electron chi connectivity index (χ1n) is 6.75. The minimum absolute atomic E-state index is 0.0397. The first-order valence-corrected chi connectivity index (χ1v) is 9.35. The van der Waals surface area contributed by atoms with Gasteiger partial charge in [0.05, 0.1) is 17.7 Å². The van der Waals surface area contributed by atoms with Crippen LogP contribution in [-0.2, 0) is 10.0 Å². The number of nitriles is 1. The fraction of sp³-hybridized carbons (Fsp3) is 0.500. The van der Waals surface area contributed by atoms with Gasteiger partial charge in [-0.3, -0.25) is 0 Å². The highest BCUT2D eigenvalue weighted by atomic mass is 32.2. The van der Waals surface area contributed by atoms with E-state index in [9.17, 15) is 8.42 Å². The normalized spacial score (nSPS) is 13.0. The molecule has 5 nitrogen and oxygen atoms in total. The Morgan fingerprint density at radius 2 is 2.10 bits per heavy atom. The summed E-state index contributed by atoms with van der Waals surface area (Å²) in [5.74, 6) is 0.170. The molecular formula is C14H21N3O2S2. The van der Waals surface area contributed by atoms with Crippen molar-refractivity contribution >= 4 is 27.5 Å². The van der Waals surface area contributed by atoms with E-state index < -0.39 is 10.0 Å². The van der Waals surface area contributed by atoms with E-state index in [0.717, 1.165) is 4.90 Å². The van der Waals surface area contributed by atoms with Crippen molar-refractivity contribution in [3.8, 4) is 6.07 Å². The van der Waals surface area contributed by atoms with E-state index in [4.69, 9.17) is 11.0 Å². The van der Waals surface area contributed by atoms with Crippen LogP contribution < -0.4 is 5.73 Å². The van der Waals surface area contributed by atoms with Crippen LogP contribution in [0.2, 0.25) is 0 Å². The molecule has 0 aromatic heterocycles. The van der Waals surface area contributed by atoms with Crippen LogP contribution in [0.25, 0.3) is 0 Å². The zero-order chi connectivity index (χ0) is 15.9. The third-order valence-corrected chi connectivity index (χ3v) is 6.23. The number of sulfonamides is 1. The molecule has 0 bridgehead atoms. The summed E-state index contributed by atoms with van der Waals surface area (Å²) in [5, 5.41) is 8.81. The molecule has 1 rings (SSSR count). The van der Waals surface area contributed by atoms with Gasteiger partial charge in [0, 0.05) is 29.4 Å². The second kappa shape index (κ2) is 8.27. The van der Waals surface area contributed by atoms with Crippen LogP contribution in [0.4, 0.5) is 5.69 Å². The molecule has 2 N–H and O–H groups in total. The Labute approximate surface area is 131 Å². The van der Waals surface area contributed by atoms with Gasteiger partial charge in [-0.15, -0.1) is 11.8 Å². The van der Waals surface area contributed by atoms with Crippen molar-refractivity contribution in [1.29, 1.82) is 5.26 Å². The van der Waals surface area contributed by atoms with Crippen molar-refractivity contribution in [3.05, 3.63) is 24.3 Å². The average molecular weight is 327 g/mol. The van der Waals surface area contributed by atoms with Crippen molar-refractivity contribution in [2.45, 2.75) is 18.7 Å². The van der Waals surface area contributed by atoms with Gasteiger partial charge in [-0.2, -0.15) is 5.26 Å². The fourth-order valence-electron chi connectivity index (χ4n) is 1.78. The Bertz CT molecular complexity index is 596. The molecular weight excluding hydrogens is 306 g/mol. The number of anilines is 1. The van der Waals surface area contributed by atoms with E-state index >= 15 is 0 Å². The van der Waals surface area contributed by atoms with Crippen molar-refractivity contribution in [3.63, 3.8) is 0 Å². The number of nitrogen functional groups attached to an aromatic ring is 1. The summed E-state index contributed by atoms with van der Waals surface area (Å²) in [5.41, 5.74) is 6.48. The van der Waals surface area contributed by atoms with Crippen LogP contribution in [0, 0.1) is 17.2 Å². The summed E-state index contributed by atoms with van der Waals surface area (Å²) in [6.45, 7) is 4.13. The van der Waals surface area contributed by atoms with Gasteiger partial charge in [0.2, 0.25) is 10.0 Å². The summed E-state index contributed by atoms with van der Waals surface area (Å²) in [7, 11) is -3.34. The molecule has 0 aliphatic rings. The van der Waals surface area contributed by atoms with Crippen molar-refractivity contribution < 1.29 is 8.42 Å². The molecule has 0 aliphatic carbocycles. The number of thioether (sulfide) groups is 1. The lowest BCUT2D eigenvalue weighted by molar-refractivity contribution is 0.401. The second-order valence-electron chi connectivity index (χ2n) is 4.68. The Morgan fingerprint density at radius 1 is 1.43 bits per heavy atom. The van der Waals surface area contributed by atoms with E-state index in [1.807, 2.05) is 18.2 Å². The third-order valence-electron chi connectivity index (χ3n) is 2.96. The Morgan fingerprint density at radius 3 is 2.67 bits per heavy atom. The fourth-order valence-corrected chi connectivity index (χ4v) is 4.69. The van der Waals surface area contributed by atoms with Gasteiger partial charge in [0.25, 0.3) is 0 Å². The molecule has 0 heterocycles. The molecule has 1 unspecified atom stereocenters. The van der Waals surface area contributed by atoms with Crippen LogP contribution >= 0.6 is 11.8 Å². The lowest BCUT2D eigenvalue weighted by Crippen LogP contribution is -2.36. The topological polar surface area (TPSA) is 87.2 Å². The molecule has 0 aliphatic heterocycles. The number of para-hydroxylation sites is 1. The van der Waals surface area contributed by atoms with Crippen LogP contribution in [0.15, 0.2) is 29.2 Å². The van der Waals surface area contributed by atoms with E-state index in [-0.39, 0.29) is 18.2 Å². The largest absolute Gasteiger partial charge is 0.398 e. The maximum atomic E-state index is 12.3. The van der Waals surface area contributed by atoms with Gasteiger partial charge >= 0.3 is 0 Å². The summed E-state index contributed by atoms with van der Waals surface area (Å²) in [4.78, 5) is 0.890. The van der Waals surface area contributed by atoms with E-state index in [1.54, 1.807) is 19.9 Å². The van der Waals surface area contributed by atoms with Gasteiger partial charge < -0.3 is 5.73 Å². The smallest absolute Gasteiger partial charge is 0.214 e. The highest BCUT2D eigenvalue weighted by Crippen LogP contribution is 2.24. The summed E-state index contributed by atoms with van der Waals surface area (Å²) in [6.07, 6.45) is 0. The average Bonchev–Trinajstić information content (AvgIpc) is 2.46. The molecule has 7 heteroatoms. The summed E-state index contributed by atoms with van der Waals surface area (Å²) in [6, 6.07) is 9.46. The first kappa shape index (κ1) is 17.8. The number of nitrogens with zero attached hydrogens (tertiary/aromatic N) is 2. The van der Waals surface area contributed by atoms with Crippen molar-refractivity contribution in [1.82, 2.24) is 4.31 Å². The highest BCUT2D eigenvalue weighted by Gasteiger charge is 2.22. The molecule has 0 amide bonds. The van der Waals surface area contributed by atoms with E-state index in [2.05, 4.69) is 6.07 Å². The molecule has 0 saturated heterocycles. The monoisotopic (exact) mass is 327 g/mol. The van der Waals surface area contributed by atoms with Crippen molar-refractivity contribution in [2.75, 3.05) is 30.3 Å². The minimum atomic E-state index is -3.34. The van der Waals surface area contributed by atoms with Crippen LogP contribution in [0.5, 0.6) is 0 Å². The van der Waals surface area contributed by atoms with Gasteiger partial charge in [0.15, 0.2) is 0 Å². The number of hydrogen-bond acceptors (Lipinski definition) is 5. The third kappa shape index (κ3) is 5.58. The number of benzene rings is 1. The lowest BCUT2D eigenvalue weighted by atomic mass is 10.2. The quantitative estimate of drug-likeness (QED) is 0.584. The van der Waals surface area contributed by atoms with Gasteiger partial charge in [0.1, 0.15) is 0 Å². The number of nitrogens with two attached hydrogens (primary N) is 1. The molecule has 0 fully saturated rings. The summed E-state index contributed by atoms with van der Waals surface area (Å²) < 4.78 is 25.9. The Balaban J connectivity index is 2.60. The van der Waals surface area contributed by atoms with Gasteiger partial charge in [-0.05, 0) is 19.1 Å². The SMILES string of the molecule is CCN(CC(C)C#N)S(=O)(=O)CCSc1ccccc1N. The molecule has 116 valence electrons. The predicted octanol–water partition coefficient (Wildman–Crippen LogP) is 2.17. The molecule has 21 heavy (non-hydrogen) atoms. The van der Waals surface area contributed by atoms with Crippen LogP contribution in [0.3, 0.4) is 0 Å². The predicted molar refractivity (Wildman–Crippen MR) is 87.4 cm³/mol. The van der Waals surface area contributed by atoms with Crippen LogP contribution in [0.1, 0.15) is 13.8 Å². The maximum Gasteiger partial charge on any atom is 0.214 e. The minimum Gasteiger partial charge on any atom is -0.398 e. The molecule has 1 atom stereocenters. The Hall–Kier alpha value is -1.23. The first-order chi connectivity index (χ1) is 9.90. The number of rotatable bonds is 8. The molecule has 0 saturated carbocycles. The van der Waals surface area contributed by atoms with Crippen molar-refractivity contribution in [2.24, 2.45) is 5.92 Å². The lowest BCUT2D eigenvalue weighted by Gasteiger charge is -2.21.